The van der Waals surface area contributed by atoms with Crippen LogP contribution in [0.5, 0.6) is 17.2 Å². The minimum absolute atomic E-state index is 0.110. The summed E-state index contributed by atoms with van der Waals surface area (Å²) < 4.78 is 28.1. The van der Waals surface area contributed by atoms with Gasteiger partial charge in [-0.15, -0.1) is 0 Å². The second-order valence-corrected chi connectivity index (χ2v) is 8.07. The van der Waals surface area contributed by atoms with Gasteiger partial charge in [0, 0.05) is 25.7 Å². The molecule has 0 amide bonds. The van der Waals surface area contributed by atoms with Crippen molar-refractivity contribution in [2.24, 2.45) is 0 Å². The van der Waals surface area contributed by atoms with E-state index in [0.29, 0.717) is 46.0 Å². The normalized spacial score (nSPS) is 19.1. The lowest BCUT2D eigenvalue weighted by Gasteiger charge is -2.35. The lowest BCUT2D eigenvalue weighted by molar-refractivity contribution is -0.0699. The molecule has 1 aliphatic heterocycles. The van der Waals surface area contributed by atoms with Crippen LogP contribution in [0.2, 0.25) is 0 Å². The predicted molar refractivity (Wildman–Crippen MR) is 123 cm³/mol. The number of hydrogen-bond acceptors (Lipinski definition) is 7. The summed E-state index contributed by atoms with van der Waals surface area (Å²) in [7, 11) is 3.13. The Hall–Kier alpha value is -3.03. The Kier molecular flexibility index (Phi) is 6.67. The highest BCUT2D eigenvalue weighted by atomic mass is 16.5. The molecular weight excluding hydrogens is 410 g/mol. The molecule has 0 bridgehead atoms. The molecule has 7 nitrogen and oxygen atoms in total. The molecule has 0 aliphatic carbocycles. The van der Waals surface area contributed by atoms with Gasteiger partial charge in [0.2, 0.25) is 0 Å². The van der Waals surface area contributed by atoms with Crippen molar-refractivity contribution in [3.8, 4) is 28.4 Å². The van der Waals surface area contributed by atoms with Crippen LogP contribution in [-0.4, -0.2) is 57.6 Å². The molecule has 7 heteroatoms. The minimum Gasteiger partial charge on any atom is -0.493 e. The summed E-state index contributed by atoms with van der Waals surface area (Å²) in [5.41, 5.74) is 1.54. The third kappa shape index (κ3) is 4.74. The number of methoxy groups -OCH3 is 2. The van der Waals surface area contributed by atoms with Crippen LogP contribution in [0.15, 0.2) is 51.9 Å². The summed E-state index contributed by atoms with van der Waals surface area (Å²) in [6.45, 7) is 7.35. The molecule has 2 heterocycles. The SMILES string of the molecule is COc1ccc(-c2coc3cc(OCCN4C[C@@H](C)O[C@@H](C)C4)ccc3c2=O)cc1OC. The van der Waals surface area contributed by atoms with Crippen LogP contribution in [0.4, 0.5) is 0 Å². The number of rotatable bonds is 7. The third-order valence-electron chi connectivity index (χ3n) is 5.61. The Morgan fingerprint density at radius 2 is 1.75 bits per heavy atom. The molecule has 2 aromatic carbocycles. The Bertz CT molecular complexity index is 1130. The summed E-state index contributed by atoms with van der Waals surface area (Å²) in [6, 6.07) is 10.7. The average molecular weight is 440 g/mol. The molecule has 1 aliphatic rings. The van der Waals surface area contributed by atoms with Gasteiger partial charge in [-0.1, -0.05) is 6.07 Å². The van der Waals surface area contributed by atoms with Crippen molar-refractivity contribution in [1.29, 1.82) is 0 Å². The van der Waals surface area contributed by atoms with E-state index in [1.165, 1.54) is 6.26 Å². The van der Waals surface area contributed by atoms with Gasteiger partial charge >= 0.3 is 0 Å². The fourth-order valence-electron chi connectivity index (χ4n) is 4.16. The molecule has 3 aromatic rings. The standard InChI is InChI=1S/C25H29NO6/c1-16-13-26(14-17(2)32-16)9-10-30-19-6-7-20-23(12-19)31-15-21(25(20)27)18-5-8-22(28-3)24(11-18)29-4/h5-8,11-12,15-17H,9-10,13-14H2,1-4H3/t16-,17+. The van der Waals surface area contributed by atoms with Crippen molar-refractivity contribution in [3.05, 3.63) is 52.9 Å². The highest BCUT2D eigenvalue weighted by molar-refractivity contribution is 5.83. The van der Waals surface area contributed by atoms with E-state index in [-0.39, 0.29) is 17.6 Å². The van der Waals surface area contributed by atoms with Crippen LogP contribution in [0.25, 0.3) is 22.1 Å². The number of morpholine rings is 1. The van der Waals surface area contributed by atoms with E-state index >= 15 is 0 Å². The van der Waals surface area contributed by atoms with E-state index in [0.717, 1.165) is 19.6 Å². The van der Waals surface area contributed by atoms with Crippen molar-refractivity contribution < 1.29 is 23.4 Å². The third-order valence-corrected chi connectivity index (χ3v) is 5.61. The second-order valence-electron chi connectivity index (χ2n) is 8.07. The van der Waals surface area contributed by atoms with Gasteiger partial charge in [-0.3, -0.25) is 9.69 Å². The molecule has 1 aromatic heterocycles. The van der Waals surface area contributed by atoms with Crippen LogP contribution >= 0.6 is 0 Å². The summed E-state index contributed by atoms with van der Waals surface area (Å²) in [4.78, 5) is 15.4. The molecule has 4 rings (SSSR count). The highest BCUT2D eigenvalue weighted by Gasteiger charge is 2.21. The summed E-state index contributed by atoms with van der Waals surface area (Å²) in [5.74, 6) is 1.83. The first-order valence-corrected chi connectivity index (χ1v) is 10.8. The lowest BCUT2D eigenvalue weighted by Crippen LogP contribution is -2.46. The average Bonchev–Trinajstić information content (AvgIpc) is 2.78. The number of benzene rings is 2. The van der Waals surface area contributed by atoms with Gasteiger partial charge < -0.3 is 23.4 Å². The van der Waals surface area contributed by atoms with Gasteiger partial charge in [0.05, 0.1) is 37.4 Å². The number of fused-ring (bicyclic) bond motifs is 1. The molecule has 1 saturated heterocycles. The first kappa shape index (κ1) is 22.2. The van der Waals surface area contributed by atoms with Crippen molar-refractivity contribution in [2.75, 3.05) is 40.5 Å². The van der Waals surface area contributed by atoms with Crippen LogP contribution in [0.3, 0.4) is 0 Å². The van der Waals surface area contributed by atoms with E-state index in [2.05, 4.69) is 18.7 Å². The molecule has 2 atom stereocenters. The molecule has 0 radical (unpaired) electrons. The van der Waals surface area contributed by atoms with E-state index in [1.807, 2.05) is 12.1 Å². The molecule has 32 heavy (non-hydrogen) atoms. The fourth-order valence-corrected chi connectivity index (χ4v) is 4.16. The summed E-state index contributed by atoms with van der Waals surface area (Å²) >= 11 is 0. The van der Waals surface area contributed by atoms with Gasteiger partial charge in [0.15, 0.2) is 16.9 Å². The Morgan fingerprint density at radius 1 is 1.00 bits per heavy atom. The summed E-state index contributed by atoms with van der Waals surface area (Å²) in [6.07, 6.45) is 1.94. The first-order chi connectivity index (χ1) is 15.5. The second kappa shape index (κ2) is 9.63. The molecule has 0 unspecified atom stereocenters. The van der Waals surface area contributed by atoms with Crippen molar-refractivity contribution in [2.45, 2.75) is 26.1 Å². The number of nitrogens with zero attached hydrogens (tertiary/aromatic N) is 1. The van der Waals surface area contributed by atoms with E-state index < -0.39 is 0 Å². The van der Waals surface area contributed by atoms with Crippen molar-refractivity contribution in [1.82, 2.24) is 4.90 Å². The maximum Gasteiger partial charge on any atom is 0.200 e. The zero-order chi connectivity index (χ0) is 22.7. The Morgan fingerprint density at radius 3 is 2.47 bits per heavy atom. The molecule has 0 N–H and O–H groups in total. The lowest BCUT2D eigenvalue weighted by atomic mass is 10.0. The largest absolute Gasteiger partial charge is 0.493 e. The van der Waals surface area contributed by atoms with Gasteiger partial charge in [-0.05, 0) is 43.7 Å². The van der Waals surface area contributed by atoms with Crippen molar-refractivity contribution in [3.63, 3.8) is 0 Å². The van der Waals surface area contributed by atoms with E-state index in [4.69, 9.17) is 23.4 Å². The van der Waals surface area contributed by atoms with Gasteiger partial charge in [-0.2, -0.15) is 0 Å². The quantitative estimate of drug-likeness (QED) is 0.552. The first-order valence-electron chi connectivity index (χ1n) is 10.8. The summed E-state index contributed by atoms with van der Waals surface area (Å²) in [5, 5.41) is 0.500. The minimum atomic E-state index is -0.110. The Balaban J connectivity index is 1.49. The van der Waals surface area contributed by atoms with Crippen LogP contribution < -0.4 is 19.6 Å². The zero-order valence-corrected chi connectivity index (χ0v) is 18.9. The number of hydrogen-bond donors (Lipinski definition) is 0. The van der Waals surface area contributed by atoms with E-state index in [9.17, 15) is 4.79 Å². The van der Waals surface area contributed by atoms with Gasteiger partial charge in [0.1, 0.15) is 24.2 Å². The molecule has 170 valence electrons. The molecule has 0 spiro atoms. The van der Waals surface area contributed by atoms with Gasteiger partial charge in [0.25, 0.3) is 0 Å². The molecular formula is C25H29NO6. The monoisotopic (exact) mass is 439 g/mol. The molecule has 0 saturated carbocycles. The van der Waals surface area contributed by atoms with Crippen LogP contribution in [0.1, 0.15) is 13.8 Å². The zero-order valence-electron chi connectivity index (χ0n) is 18.9. The van der Waals surface area contributed by atoms with E-state index in [1.54, 1.807) is 38.5 Å². The van der Waals surface area contributed by atoms with Gasteiger partial charge in [-0.25, -0.2) is 0 Å². The van der Waals surface area contributed by atoms with Crippen LogP contribution in [0, 0.1) is 0 Å². The number of ether oxygens (including phenoxy) is 4. The van der Waals surface area contributed by atoms with Crippen LogP contribution in [-0.2, 0) is 4.74 Å². The topological polar surface area (TPSA) is 70.4 Å². The predicted octanol–water partition coefficient (Wildman–Crippen LogP) is 3.97. The maximum absolute atomic E-state index is 13.1. The molecule has 1 fully saturated rings. The fraction of sp³-hybridized carbons (Fsp3) is 0.400. The van der Waals surface area contributed by atoms with Crippen molar-refractivity contribution >= 4 is 11.0 Å². The Labute approximate surface area is 187 Å². The maximum atomic E-state index is 13.1. The highest BCUT2D eigenvalue weighted by Crippen LogP contribution is 2.32. The smallest absolute Gasteiger partial charge is 0.200 e.